The van der Waals surface area contributed by atoms with E-state index in [1.54, 1.807) is 24.4 Å². The van der Waals surface area contributed by atoms with E-state index in [2.05, 4.69) is 10.3 Å². The molecule has 0 radical (unpaired) electrons. The Hall–Kier alpha value is -2.87. The number of nitrogens with one attached hydrogen (secondary N) is 1. The van der Waals surface area contributed by atoms with E-state index in [4.69, 9.17) is 19.9 Å². The number of nitrogens with zero attached hydrogens (tertiary/aromatic N) is 1. The summed E-state index contributed by atoms with van der Waals surface area (Å²) in [5.41, 5.74) is 5.74. The van der Waals surface area contributed by atoms with Gasteiger partial charge in [-0.25, -0.2) is 4.98 Å². The van der Waals surface area contributed by atoms with Gasteiger partial charge in [-0.2, -0.15) is 0 Å². The van der Waals surface area contributed by atoms with Gasteiger partial charge < -0.3 is 25.3 Å². The predicted octanol–water partition coefficient (Wildman–Crippen LogP) is 1.65. The molecule has 2 amide bonds. The van der Waals surface area contributed by atoms with Gasteiger partial charge in [0.25, 0.3) is 5.91 Å². The Balaban J connectivity index is 1.48. The van der Waals surface area contributed by atoms with Crippen LogP contribution in [0.5, 0.6) is 11.6 Å². The third-order valence-corrected chi connectivity index (χ3v) is 5.79. The molecule has 2 aromatic rings. The van der Waals surface area contributed by atoms with E-state index in [-0.39, 0.29) is 17.9 Å². The maximum atomic E-state index is 12.4. The molecule has 2 atom stereocenters. The van der Waals surface area contributed by atoms with Crippen molar-refractivity contribution in [1.29, 1.82) is 0 Å². The maximum absolute atomic E-state index is 12.4. The number of primary amides is 1. The number of benzene rings is 1. The van der Waals surface area contributed by atoms with Gasteiger partial charge in [-0.1, -0.05) is 0 Å². The summed E-state index contributed by atoms with van der Waals surface area (Å²) in [5, 5.41) is 4.55. The summed E-state index contributed by atoms with van der Waals surface area (Å²) in [6.07, 6.45) is 4.23. The molecule has 4 rings (SSSR count). The summed E-state index contributed by atoms with van der Waals surface area (Å²) in [6, 6.07) is 5.10. The van der Waals surface area contributed by atoms with Crippen LogP contribution >= 0.6 is 0 Å². The Morgan fingerprint density at radius 1 is 1.34 bits per heavy atom. The van der Waals surface area contributed by atoms with Gasteiger partial charge in [0.15, 0.2) is 0 Å². The van der Waals surface area contributed by atoms with Crippen molar-refractivity contribution in [3.63, 3.8) is 0 Å². The highest BCUT2D eigenvalue weighted by Crippen LogP contribution is 2.33. The quantitative estimate of drug-likeness (QED) is 0.764. The first-order chi connectivity index (χ1) is 14.1. The monoisotopic (exact) mass is 399 g/mol. The lowest BCUT2D eigenvalue weighted by atomic mass is 9.84. The number of ether oxygens (including phenoxy) is 3. The van der Waals surface area contributed by atoms with Crippen molar-refractivity contribution in [1.82, 2.24) is 10.3 Å². The standard InChI is InChI=1S/C21H25N3O5/c1-27-18-10-16-13(8-17(18)19(22)25)2-5-23-21(16)29-11-14-9-15(20(26)24-14)12-3-6-28-7-4-12/h2,5,8,10,12,14-15H,3-4,6-7,9,11H2,1H3,(H2,22,25)(H,24,26)/t14-,15?/m0/s1. The Labute approximate surface area is 168 Å². The van der Waals surface area contributed by atoms with E-state index in [1.807, 2.05) is 0 Å². The van der Waals surface area contributed by atoms with Crippen molar-refractivity contribution in [2.24, 2.45) is 17.6 Å². The van der Waals surface area contributed by atoms with Gasteiger partial charge in [-0.3, -0.25) is 9.59 Å². The fourth-order valence-corrected chi connectivity index (χ4v) is 4.25. The van der Waals surface area contributed by atoms with Crippen LogP contribution in [-0.2, 0) is 9.53 Å². The van der Waals surface area contributed by atoms with E-state index in [9.17, 15) is 9.59 Å². The van der Waals surface area contributed by atoms with Crippen LogP contribution in [0.2, 0.25) is 0 Å². The normalized spacial score (nSPS) is 22.4. The van der Waals surface area contributed by atoms with Gasteiger partial charge in [-0.05, 0) is 48.8 Å². The summed E-state index contributed by atoms with van der Waals surface area (Å²) in [7, 11) is 1.48. The molecule has 2 aliphatic heterocycles. The summed E-state index contributed by atoms with van der Waals surface area (Å²) >= 11 is 0. The molecule has 0 aliphatic carbocycles. The number of rotatable bonds is 6. The van der Waals surface area contributed by atoms with Crippen LogP contribution in [0.15, 0.2) is 24.4 Å². The molecule has 3 N–H and O–H groups in total. The molecule has 1 aromatic carbocycles. The minimum Gasteiger partial charge on any atom is -0.496 e. The average Bonchev–Trinajstić information content (AvgIpc) is 3.12. The van der Waals surface area contributed by atoms with Crippen molar-refractivity contribution in [3.05, 3.63) is 30.0 Å². The van der Waals surface area contributed by atoms with Crippen LogP contribution in [-0.4, -0.2) is 49.8 Å². The number of nitrogens with two attached hydrogens (primary N) is 1. The third-order valence-electron chi connectivity index (χ3n) is 5.79. The molecule has 8 heteroatoms. The number of hydrogen-bond donors (Lipinski definition) is 2. The van der Waals surface area contributed by atoms with Gasteiger partial charge in [0.05, 0.1) is 18.7 Å². The highest BCUT2D eigenvalue weighted by molar-refractivity contribution is 6.01. The summed E-state index contributed by atoms with van der Waals surface area (Å²) < 4.78 is 16.7. The molecule has 1 unspecified atom stereocenters. The molecule has 0 bridgehead atoms. The lowest BCUT2D eigenvalue weighted by molar-refractivity contribution is -0.125. The fourth-order valence-electron chi connectivity index (χ4n) is 4.25. The number of methoxy groups -OCH3 is 1. The summed E-state index contributed by atoms with van der Waals surface area (Å²) in [4.78, 5) is 28.4. The van der Waals surface area contributed by atoms with E-state index in [1.165, 1.54) is 7.11 Å². The first kappa shape index (κ1) is 19.4. The van der Waals surface area contributed by atoms with Crippen LogP contribution in [0.1, 0.15) is 29.6 Å². The molecule has 2 fully saturated rings. The lowest BCUT2D eigenvalue weighted by Crippen LogP contribution is -2.32. The molecule has 0 saturated carbocycles. The molecule has 29 heavy (non-hydrogen) atoms. The van der Waals surface area contributed by atoms with E-state index in [0.29, 0.717) is 29.7 Å². The Bertz CT molecular complexity index is 926. The Morgan fingerprint density at radius 2 is 2.14 bits per heavy atom. The second-order valence-corrected chi connectivity index (χ2v) is 7.56. The van der Waals surface area contributed by atoms with Gasteiger partial charge in [0, 0.05) is 30.7 Å². The van der Waals surface area contributed by atoms with Gasteiger partial charge in [-0.15, -0.1) is 0 Å². The SMILES string of the molecule is COc1cc2c(OC[C@@H]3CC(C4CCOCC4)C(=O)N3)nccc2cc1C(N)=O. The molecular weight excluding hydrogens is 374 g/mol. The van der Waals surface area contributed by atoms with Crippen LogP contribution in [0, 0.1) is 11.8 Å². The van der Waals surface area contributed by atoms with Crippen LogP contribution < -0.4 is 20.5 Å². The first-order valence-corrected chi connectivity index (χ1v) is 9.84. The highest BCUT2D eigenvalue weighted by Gasteiger charge is 2.38. The second-order valence-electron chi connectivity index (χ2n) is 7.56. The second kappa shape index (κ2) is 8.24. The molecule has 8 nitrogen and oxygen atoms in total. The number of carbonyl (C=O) groups is 2. The van der Waals surface area contributed by atoms with Gasteiger partial charge in [0.1, 0.15) is 12.4 Å². The number of pyridine rings is 1. The van der Waals surface area contributed by atoms with E-state index >= 15 is 0 Å². The Kier molecular flexibility index (Phi) is 5.53. The zero-order chi connectivity index (χ0) is 20.4. The van der Waals surface area contributed by atoms with Crippen LogP contribution in [0.3, 0.4) is 0 Å². The molecule has 154 valence electrons. The van der Waals surface area contributed by atoms with Gasteiger partial charge >= 0.3 is 0 Å². The predicted molar refractivity (Wildman–Crippen MR) is 106 cm³/mol. The zero-order valence-electron chi connectivity index (χ0n) is 16.3. The summed E-state index contributed by atoms with van der Waals surface area (Å²) in [6.45, 7) is 1.78. The number of fused-ring (bicyclic) bond motifs is 1. The molecular formula is C21H25N3O5. The minimum absolute atomic E-state index is 0.0196. The van der Waals surface area contributed by atoms with Gasteiger partial charge in [0.2, 0.25) is 11.8 Å². The highest BCUT2D eigenvalue weighted by atomic mass is 16.5. The molecule has 1 aromatic heterocycles. The number of aromatic nitrogens is 1. The Morgan fingerprint density at radius 3 is 2.86 bits per heavy atom. The molecule has 3 heterocycles. The first-order valence-electron chi connectivity index (χ1n) is 9.84. The van der Waals surface area contributed by atoms with E-state index < -0.39 is 5.91 Å². The van der Waals surface area contributed by atoms with Crippen molar-refractivity contribution >= 4 is 22.6 Å². The third kappa shape index (κ3) is 3.98. The average molecular weight is 399 g/mol. The largest absolute Gasteiger partial charge is 0.496 e. The van der Waals surface area contributed by atoms with Crippen LogP contribution in [0.4, 0.5) is 0 Å². The van der Waals surface area contributed by atoms with Crippen molar-refractivity contribution < 1.29 is 23.8 Å². The van der Waals surface area contributed by atoms with Crippen molar-refractivity contribution in [2.75, 3.05) is 26.9 Å². The number of amides is 2. The van der Waals surface area contributed by atoms with Crippen molar-refractivity contribution in [3.8, 4) is 11.6 Å². The smallest absolute Gasteiger partial charge is 0.252 e. The topological polar surface area (TPSA) is 113 Å². The maximum Gasteiger partial charge on any atom is 0.252 e. The molecule has 2 saturated heterocycles. The summed E-state index contributed by atoms with van der Waals surface area (Å²) in [5.74, 6) is 0.740. The molecule has 2 aliphatic rings. The van der Waals surface area contributed by atoms with Crippen molar-refractivity contribution in [2.45, 2.75) is 25.3 Å². The minimum atomic E-state index is -0.559. The number of carbonyl (C=O) groups excluding carboxylic acids is 2. The molecule has 0 spiro atoms. The van der Waals surface area contributed by atoms with Crippen LogP contribution in [0.25, 0.3) is 10.8 Å². The zero-order valence-corrected chi connectivity index (χ0v) is 16.3. The fraction of sp³-hybridized carbons (Fsp3) is 0.476. The number of hydrogen-bond acceptors (Lipinski definition) is 6. The van der Waals surface area contributed by atoms with E-state index in [0.717, 1.165) is 43.2 Å². The lowest BCUT2D eigenvalue weighted by Gasteiger charge is -2.25.